The van der Waals surface area contributed by atoms with Crippen molar-refractivity contribution < 1.29 is 9.53 Å². The molecular weight excluding hydrogens is 448 g/mol. The van der Waals surface area contributed by atoms with Gasteiger partial charge in [0.2, 0.25) is 0 Å². The Kier molecular flexibility index (Phi) is 6.32. The van der Waals surface area contributed by atoms with Gasteiger partial charge < -0.3 is 10.5 Å². The summed E-state index contributed by atoms with van der Waals surface area (Å²) < 4.78 is 6.05. The molecule has 0 amide bonds. The summed E-state index contributed by atoms with van der Waals surface area (Å²) >= 11 is 0. The Morgan fingerprint density at radius 1 is 0.917 bits per heavy atom. The van der Waals surface area contributed by atoms with Crippen molar-refractivity contribution in [2.24, 2.45) is 5.73 Å². The van der Waals surface area contributed by atoms with Gasteiger partial charge in [-0.1, -0.05) is 60.7 Å². The van der Waals surface area contributed by atoms with Crippen molar-refractivity contribution in [2.75, 3.05) is 14.1 Å². The van der Waals surface area contributed by atoms with E-state index in [4.69, 9.17) is 10.5 Å². The molecule has 5 rings (SSSR count). The first-order chi connectivity index (χ1) is 17.5. The average molecular weight is 477 g/mol. The first-order valence-electron chi connectivity index (χ1n) is 12.0. The SMILES string of the molecule is CN(C)N1C(N)=C(C#N)C(c2cccc(Oc3ccccc3)c2)C2=C1CC(c1ccccc1)CC2=O. The van der Waals surface area contributed by atoms with Gasteiger partial charge in [0.05, 0.1) is 17.6 Å². The number of ether oxygens (including phenoxy) is 1. The van der Waals surface area contributed by atoms with Gasteiger partial charge in [0.25, 0.3) is 0 Å². The molecule has 1 aliphatic heterocycles. The molecule has 6 nitrogen and oxygen atoms in total. The van der Waals surface area contributed by atoms with E-state index in [0.29, 0.717) is 41.3 Å². The fourth-order valence-electron chi connectivity index (χ4n) is 5.25. The molecule has 0 bridgehead atoms. The number of para-hydroxylation sites is 1. The lowest BCUT2D eigenvalue weighted by atomic mass is 9.72. The van der Waals surface area contributed by atoms with Crippen LogP contribution in [0, 0.1) is 11.3 Å². The number of hydrazine groups is 1. The lowest BCUT2D eigenvalue weighted by Gasteiger charge is -2.43. The van der Waals surface area contributed by atoms with Crippen LogP contribution in [0.1, 0.15) is 35.8 Å². The number of nitrogens with zero attached hydrogens (tertiary/aromatic N) is 3. The third kappa shape index (κ3) is 4.26. The molecule has 0 saturated carbocycles. The maximum Gasteiger partial charge on any atom is 0.162 e. The second-order valence-corrected chi connectivity index (χ2v) is 9.29. The minimum Gasteiger partial charge on any atom is -0.457 e. The lowest BCUT2D eigenvalue weighted by molar-refractivity contribution is -0.117. The van der Waals surface area contributed by atoms with Gasteiger partial charge in [-0.15, -0.1) is 0 Å². The summed E-state index contributed by atoms with van der Waals surface area (Å²) in [5, 5.41) is 13.9. The molecule has 0 radical (unpaired) electrons. The van der Waals surface area contributed by atoms with Crippen LogP contribution in [-0.4, -0.2) is 29.9 Å². The van der Waals surface area contributed by atoms with Crippen LogP contribution >= 0.6 is 0 Å². The average Bonchev–Trinajstić information content (AvgIpc) is 2.89. The monoisotopic (exact) mass is 476 g/mol. The van der Waals surface area contributed by atoms with Crippen molar-refractivity contribution in [3.05, 3.63) is 119 Å². The summed E-state index contributed by atoms with van der Waals surface area (Å²) in [7, 11) is 3.75. The fourth-order valence-corrected chi connectivity index (χ4v) is 5.25. The van der Waals surface area contributed by atoms with Gasteiger partial charge in [-0.05, 0) is 47.7 Å². The number of benzene rings is 3. The Bertz CT molecular complexity index is 1390. The quantitative estimate of drug-likeness (QED) is 0.527. The smallest absolute Gasteiger partial charge is 0.162 e. The number of nitrogens with two attached hydrogens (primary N) is 1. The maximum absolute atomic E-state index is 13.8. The number of Topliss-reactive ketones (excluding diaryl/α,β-unsaturated/α-hetero) is 1. The molecule has 0 spiro atoms. The van der Waals surface area contributed by atoms with Crippen molar-refractivity contribution in [3.8, 4) is 17.6 Å². The van der Waals surface area contributed by atoms with E-state index in [1.165, 1.54) is 0 Å². The van der Waals surface area contributed by atoms with Gasteiger partial charge in [-0.2, -0.15) is 5.26 Å². The second-order valence-electron chi connectivity index (χ2n) is 9.29. The number of hydrogen-bond acceptors (Lipinski definition) is 6. The largest absolute Gasteiger partial charge is 0.457 e. The van der Waals surface area contributed by atoms with Crippen molar-refractivity contribution in [3.63, 3.8) is 0 Å². The Morgan fingerprint density at radius 2 is 1.56 bits per heavy atom. The van der Waals surface area contributed by atoms with E-state index in [1.807, 2.05) is 96.9 Å². The first-order valence-corrected chi connectivity index (χ1v) is 12.0. The lowest BCUT2D eigenvalue weighted by Crippen LogP contribution is -2.46. The van der Waals surface area contributed by atoms with E-state index in [0.717, 1.165) is 16.8 Å². The molecule has 0 saturated heterocycles. The molecule has 2 atom stereocenters. The molecule has 1 aliphatic carbocycles. The molecule has 36 heavy (non-hydrogen) atoms. The minimum atomic E-state index is -0.551. The number of carbonyl (C=O) groups is 1. The Labute approximate surface area is 211 Å². The highest BCUT2D eigenvalue weighted by Crippen LogP contribution is 2.48. The molecule has 0 aromatic heterocycles. The molecule has 2 aliphatic rings. The maximum atomic E-state index is 13.8. The van der Waals surface area contributed by atoms with Gasteiger partial charge in [0.15, 0.2) is 5.78 Å². The summed E-state index contributed by atoms with van der Waals surface area (Å²) in [5.74, 6) is 1.23. The van der Waals surface area contributed by atoms with Gasteiger partial charge >= 0.3 is 0 Å². The zero-order valence-corrected chi connectivity index (χ0v) is 20.4. The Balaban J connectivity index is 1.61. The molecule has 2 unspecified atom stereocenters. The van der Waals surface area contributed by atoms with Crippen LogP contribution in [0.3, 0.4) is 0 Å². The fraction of sp³-hybridized carbons (Fsp3) is 0.200. The highest BCUT2D eigenvalue weighted by Gasteiger charge is 2.43. The van der Waals surface area contributed by atoms with E-state index in [1.54, 1.807) is 0 Å². The topological polar surface area (TPSA) is 82.6 Å². The highest BCUT2D eigenvalue weighted by molar-refractivity contribution is 6.00. The number of carbonyl (C=O) groups excluding carboxylic acids is 1. The van der Waals surface area contributed by atoms with Gasteiger partial charge in [-0.3, -0.25) is 9.80 Å². The van der Waals surface area contributed by atoms with Crippen LogP contribution in [-0.2, 0) is 4.79 Å². The number of nitriles is 1. The van der Waals surface area contributed by atoms with Gasteiger partial charge in [-0.25, -0.2) is 5.01 Å². The predicted octanol–water partition coefficient (Wildman–Crippen LogP) is 5.45. The third-order valence-electron chi connectivity index (χ3n) is 6.78. The van der Waals surface area contributed by atoms with Crippen LogP contribution in [0.4, 0.5) is 0 Å². The number of rotatable bonds is 5. The van der Waals surface area contributed by atoms with Crippen LogP contribution in [0.25, 0.3) is 0 Å². The number of allylic oxidation sites excluding steroid dienone is 3. The first kappa shape index (κ1) is 23.4. The summed E-state index contributed by atoms with van der Waals surface area (Å²) in [6.45, 7) is 0. The van der Waals surface area contributed by atoms with Crippen LogP contribution in [0.5, 0.6) is 11.5 Å². The standard InChI is InChI=1S/C30H28N4O2/c1-33(2)34-26-17-22(20-10-5-3-6-11-20)18-27(35)29(26)28(25(19-31)30(34)32)21-12-9-15-24(16-21)36-23-13-7-4-8-14-23/h3-16,22,28H,17-18,32H2,1-2H3. The molecular formula is C30H28N4O2. The van der Waals surface area contributed by atoms with Crippen molar-refractivity contribution in [2.45, 2.75) is 24.7 Å². The molecule has 3 aromatic carbocycles. The number of hydrogen-bond donors (Lipinski definition) is 1. The summed E-state index contributed by atoms with van der Waals surface area (Å²) in [6, 6.07) is 29.5. The zero-order chi connectivity index (χ0) is 25.2. The number of ketones is 1. The molecule has 180 valence electrons. The second kappa shape index (κ2) is 9.73. The molecule has 6 heteroatoms. The summed E-state index contributed by atoms with van der Waals surface area (Å²) in [6.07, 6.45) is 1.04. The molecule has 1 heterocycles. The highest BCUT2D eigenvalue weighted by atomic mass is 16.5. The Hall–Kier alpha value is -4.34. The molecule has 0 fully saturated rings. The molecule has 3 aromatic rings. The zero-order valence-electron chi connectivity index (χ0n) is 20.4. The summed E-state index contributed by atoms with van der Waals surface area (Å²) in [5.41, 5.74) is 10.4. The van der Waals surface area contributed by atoms with Crippen LogP contribution in [0.2, 0.25) is 0 Å². The van der Waals surface area contributed by atoms with E-state index < -0.39 is 5.92 Å². The van der Waals surface area contributed by atoms with E-state index in [2.05, 4.69) is 18.2 Å². The third-order valence-corrected chi connectivity index (χ3v) is 6.78. The van der Waals surface area contributed by atoms with E-state index in [9.17, 15) is 10.1 Å². The van der Waals surface area contributed by atoms with Crippen molar-refractivity contribution >= 4 is 5.78 Å². The minimum absolute atomic E-state index is 0.0385. The van der Waals surface area contributed by atoms with Crippen molar-refractivity contribution in [1.82, 2.24) is 10.0 Å². The normalized spacial score (nSPS) is 19.8. The predicted molar refractivity (Wildman–Crippen MR) is 139 cm³/mol. The van der Waals surface area contributed by atoms with Crippen LogP contribution < -0.4 is 10.5 Å². The molecule has 2 N–H and O–H groups in total. The van der Waals surface area contributed by atoms with Gasteiger partial charge in [0.1, 0.15) is 17.3 Å². The summed E-state index contributed by atoms with van der Waals surface area (Å²) in [4.78, 5) is 13.8. The van der Waals surface area contributed by atoms with Crippen LogP contribution in [0.15, 0.2) is 108 Å². The Morgan fingerprint density at radius 3 is 2.22 bits per heavy atom. The van der Waals surface area contributed by atoms with Gasteiger partial charge in [0, 0.05) is 31.8 Å². The van der Waals surface area contributed by atoms with E-state index in [-0.39, 0.29) is 11.7 Å². The van der Waals surface area contributed by atoms with E-state index >= 15 is 0 Å². The van der Waals surface area contributed by atoms with Crippen molar-refractivity contribution in [1.29, 1.82) is 5.26 Å².